The summed E-state index contributed by atoms with van der Waals surface area (Å²) in [6, 6.07) is 0.718. The first-order valence-corrected chi connectivity index (χ1v) is 9.01. The molecule has 0 aliphatic carbocycles. The van der Waals surface area contributed by atoms with Gasteiger partial charge in [-0.25, -0.2) is 18.8 Å². The molecule has 29 heavy (non-hydrogen) atoms. The highest BCUT2D eigenvalue weighted by Gasteiger charge is 2.38. The van der Waals surface area contributed by atoms with Crippen LogP contribution in [0.15, 0.2) is 40.9 Å². The molecule has 1 saturated heterocycles. The molecule has 0 saturated carbocycles. The van der Waals surface area contributed by atoms with Crippen LogP contribution in [0.5, 0.6) is 5.88 Å². The third-order valence-corrected chi connectivity index (χ3v) is 4.79. The van der Waals surface area contributed by atoms with Crippen molar-refractivity contribution in [1.82, 2.24) is 20.5 Å². The van der Waals surface area contributed by atoms with Gasteiger partial charge >= 0.3 is 0 Å². The molecule has 4 heterocycles. The van der Waals surface area contributed by atoms with Crippen LogP contribution < -0.4 is 21.1 Å². The van der Waals surface area contributed by atoms with Crippen LogP contribution in [0.1, 0.15) is 18.0 Å². The van der Waals surface area contributed by atoms with Gasteiger partial charge in [-0.05, 0) is 12.1 Å². The number of amides is 1. The highest BCUT2D eigenvalue weighted by Crippen LogP contribution is 2.38. The topological polar surface area (TPSA) is 129 Å². The van der Waals surface area contributed by atoms with Gasteiger partial charge in [0.15, 0.2) is 0 Å². The van der Waals surface area contributed by atoms with Crippen molar-refractivity contribution < 1.29 is 18.3 Å². The summed E-state index contributed by atoms with van der Waals surface area (Å²) in [4.78, 5) is 22.6. The second-order valence-corrected chi connectivity index (χ2v) is 6.74. The van der Waals surface area contributed by atoms with Crippen molar-refractivity contribution in [3.8, 4) is 5.88 Å². The SMILES string of the molecule is N=C(N)/C1=C2/N=C(C=CN2)N2C[C@@H](F)C[C@@H]2c2cc(F)cnc2OCCNC1=O. The fourth-order valence-corrected chi connectivity index (χ4v) is 3.56. The Morgan fingerprint density at radius 2 is 2.28 bits per heavy atom. The number of aliphatic imine (C=N–C) groups is 1. The number of carbonyl (C=O) groups is 1. The molecule has 5 N–H and O–H groups in total. The minimum Gasteiger partial charge on any atom is -0.476 e. The summed E-state index contributed by atoms with van der Waals surface area (Å²) in [7, 11) is 0. The molecule has 2 bridgehead atoms. The minimum atomic E-state index is -1.17. The maximum atomic E-state index is 14.4. The largest absolute Gasteiger partial charge is 0.476 e. The van der Waals surface area contributed by atoms with Crippen LogP contribution in [0, 0.1) is 11.2 Å². The second kappa shape index (κ2) is 7.49. The zero-order chi connectivity index (χ0) is 20.5. The van der Waals surface area contributed by atoms with Crippen molar-refractivity contribution in [2.75, 3.05) is 19.7 Å². The van der Waals surface area contributed by atoms with Crippen LogP contribution in [0.4, 0.5) is 8.78 Å². The zero-order valence-electron chi connectivity index (χ0n) is 15.3. The number of amidine groups is 2. The summed E-state index contributed by atoms with van der Waals surface area (Å²) in [6.07, 6.45) is 3.10. The fraction of sp³-hybridized carbons (Fsp3) is 0.333. The van der Waals surface area contributed by atoms with Gasteiger partial charge in [-0.2, -0.15) is 0 Å². The molecule has 1 amide bonds. The number of ether oxygens (including phenoxy) is 1. The Morgan fingerprint density at radius 1 is 1.45 bits per heavy atom. The molecule has 1 aromatic heterocycles. The van der Waals surface area contributed by atoms with Gasteiger partial charge in [0.25, 0.3) is 5.91 Å². The van der Waals surface area contributed by atoms with E-state index in [-0.39, 0.29) is 43.4 Å². The predicted molar refractivity (Wildman–Crippen MR) is 100 cm³/mol. The lowest BCUT2D eigenvalue weighted by atomic mass is 10.1. The first-order chi connectivity index (χ1) is 13.9. The number of rotatable bonds is 1. The van der Waals surface area contributed by atoms with E-state index in [2.05, 4.69) is 20.6 Å². The van der Waals surface area contributed by atoms with Gasteiger partial charge in [0.2, 0.25) is 5.88 Å². The number of carbonyl (C=O) groups excluding carboxylic acids is 1. The lowest BCUT2D eigenvalue weighted by Crippen LogP contribution is -2.37. The van der Waals surface area contributed by atoms with Gasteiger partial charge in [0.1, 0.15) is 41.7 Å². The standard InChI is InChI=1S/C18H19F2N7O2/c19-9-5-11-12-6-10(20)8-27(12)13-1-2-23-16(26-13)14(15(21)22)17(28)24-3-4-29-18(11)25-7-9/h1-2,5,7,10,12,23H,3-4,6,8H2,(H3,21,22)(H,24,28)/b16-14-/t10-,12+/m0/s1. The molecule has 9 nitrogen and oxygen atoms in total. The van der Waals surface area contributed by atoms with Gasteiger partial charge in [0.05, 0.1) is 25.3 Å². The molecule has 0 radical (unpaired) electrons. The first-order valence-electron chi connectivity index (χ1n) is 9.01. The lowest BCUT2D eigenvalue weighted by Gasteiger charge is -2.28. The number of hydrogen-bond donors (Lipinski definition) is 4. The fourth-order valence-electron chi connectivity index (χ4n) is 3.56. The van der Waals surface area contributed by atoms with E-state index < -0.39 is 29.8 Å². The van der Waals surface area contributed by atoms with Crippen LogP contribution in [0.2, 0.25) is 0 Å². The van der Waals surface area contributed by atoms with Gasteiger partial charge in [-0.15, -0.1) is 0 Å². The number of aromatic nitrogens is 1. The first kappa shape index (κ1) is 18.8. The third kappa shape index (κ3) is 3.62. The molecule has 3 aliphatic rings. The van der Waals surface area contributed by atoms with Crippen molar-refractivity contribution in [3.05, 3.63) is 47.3 Å². The van der Waals surface area contributed by atoms with Crippen LogP contribution in [-0.4, -0.2) is 53.3 Å². The molecule has 0 aromatic carbocycles. The van der Waals surface area contributed by atoms with Gasteiger partial charge < -0.3 is 26.0 Å². The number of fused-ring (bicyclic) bond motifs is 5. The zero-order valence-corrected chi connectivity index (χ0v) is 15.3. The van der Waals surface area contributed by atoms with Crippen molar-refractivity contribution in [3.63, 3.8) is 0 Å². The molecular weight excluding hydrogens is 384 g/mol. The Bertz CT molecular complexity index is 960. The van der Waals surface area contributed by atoms with Crippen LogP contribution in [-0.2, 0) is 4.79 Å². The highest BCUT2D eigenvalue weighted by atomic mass is 19.1. The molecule has 0 unspecified atom stereocenters. The Hall–Kier alpha value is -3.50. The van der Waals surface area contributed by atoms with Crippen molar-refractivity contribution in [2.45, 2.75) is 18.6 Å². The van der Waals surface area contributed by atoms with E-state index >= 15 is 0 Å². The smallest absolute Gasteiger partial charge is 0.258 e. The average Bonchev–Trinajstić information content (AvgIpc) is 3.07. The number of nitrogens with zero attached hydrogens (tertiary/aromatic N) is 3. The summed E-state index contributed by atoms with van der Waals surface area (Å²) < 4.78 is 34.0. The second-order valence-electron chi connectivity index (χ2n) is 6.74. The van der Waals surface area contributed by atoms with E-state index in [4.69, 9.17) is 15.9 Å². The number of halogens is 2. The highest BCUT2D eigenvalue weighted by molar-refractivity contribution is 6.19. The number of pyridine rings is 1. The predicted octanol–water partition coefficient (Wildman–Crippen LogP) is 0.477. The van der Waals surface area contributed by atoms with Crippen molar-refractivity contribution in [2.24, 2.45) is 10.7 Å². The summed E-state index contributed by atoms with van der Waals surface area (Å²) in [5, 5.41) is 13.2. The van der Waals surface area contributed by atoms with E-state index in [0.29, 0.717) is 11.4 Å². The van der Waals surface area contributed by atoms with Crippen molar-refractivity contribution >= 4 is 17.6 Å². The molecule has 152 valence electrons. The minimum absolute atomic E-state index is 0.0265. The summed E-state index contributed by atoms with van der Waals surface area (Å²) >= 11 is 0. The van der Waals surface area contributed by atoms with Gasteiger partial charge in [0, 0.05) is 18.2 Å². The lowest BCUT2D eigenvalue weighted by molar-refractivity contribution is -0.117. The quantitative estimate of drug-likeness (QED) is 0.399. The Morgan fingerprint density at radius 3 is 3.07 bits per heavy atom. The van der Waals surface area contributed by atoms with E-state index in [9.17, 15) is 13.6 Å². The molecule has 4 rings (SSSR count). The molecule has 2 atom stereocenters. The average molecular weight is 403 g/mol. The van der Waals surface area contributed by atoms with Crippen molar-refractivity contribution in [1.29, 1.82) is 5.41 Å². The van der Waals surface area contributed by atoms with E-state index in [1.807, 2.05) is 0 Å². The third-order valence-electron chi connectivity index (χ3n) is 4.79. The van der Waals surface area contributed by atoms with Gasteiger partial charge in [-0.3, -0.25) is 10.2 Å². The Kier molecular flexibility index (Phi) is 4.87. The molecule has 1 aromatic rings. The number of alkyl halides is 1. The molecule has 1 fully saturated rings. The molecule has 0 spiro atoms. The number of hydrogen-bond acceptors (Lipinski definition) is 7. The van der Waals surface area contributed by atoms with E-state index in [1.165, 1.54) is 12.3 Å². The molecule has 3 aliphatic heterocycles. The molecular formula is C18H19F2N7O2. The maximum absolute atomic E-state index is 14.4. The van der Waals surface area contributed by atoms with E-state index in [0.717, 1.165) is 6.20 Å². The van der Waals surface area contributed by atoms with E-state index in [1.54, 1.807) is 11.0 Å². The normalized spacial score (nSPS) is 26.5. The summed E-state index contributed by atoms with van der Waals surface area (Å²) in [5.74, 6) is -1.03. The summed E-state index contributed by atoms with van der Waals surface area (Å²) in [6.45, 7) is 0.162. The van der Waals surface area contributed by atoms with Crippen LogP contribution in [0.25, 0.3) is 0 Å². The molecule has 11 heteroatoms. The summed E-state index contributed by atoms with van der Waals surface area (Å²) in [5.41, 5.74) is 5.86. The van der Waals surface area contributed by atoms with Gasteiger partial charge in [-0.1, -0.05) is 0 Å². The van der Waals surface area contributed by atoms with Crippen LogP contribution in [0.3, 0.4) is 0 Å². The Balaban J connectivity index is 1.85. The Labute approximate surface area is 164 Å². The maximum Gasteiger partial charge on any atom is 0.258 e. The number of nitrogens with one attached hydrogen (secondary N) is 3. The monoisotopic (exact) mass is 403 g/mol. The number of nitrogens with two attached hydrogens (primary N) is 1. The van der Waals surface area contributed by atoms with Crippen LogP contribution >= 0.6 is 0 Å².